The Bertz CT molecular complexity index is 1070. The average Bonchev–Trinajstić information content (AvgIpc) is 3.29. The fourth-order valence-corrected chi connectivity index (χ4v) is 5.31. The number of ether oxygens (including phenoxy) is 2. The van der Waals surface area contributed by atoms with E-state index in [1.807, 2.05) is 6.07 Å². The van der Waals surface area contributed by atoms with Crippen molar-refractivity contribution in [3.05, 3.63) is 65.2 Å². The van der Waals surface area contributed by atoms with E-state index in [9.17, 15) is 13.2 Å². The molecule has 1 aliphatic carbocycles. The van der Waals surface area contributed by atoms with Crippen LogP contribution in [0.1, 0.15) is 23.1 Å². The van der Waals surface area contributed by atoms with Crippen molar-refractivity contribution >= 4 is 22.0 Å². The van der Waals surface area contributed by atoms with E-state index in [1.165, 1.54) is 27.9 Å². The first-order valence-electron chi connectivity index (χ1n) is 10.9. The van der Waals surface area contributed by atoms with Crippen molar-refractivity contribution in [3.8, 4) is 5.75 Å². The molecule has 1 saturated heterocycles. The van der Waals surface area contributed by atoms with Crippen molar-refractivity contribution in [2.24, 2.45) is 0 Å². The molecule has 1 amide bonds. The van der Waals surface area contributed by atoms with Crippen LogP contribution in [0, 0.1) is 0 Å². The maximum absolute atomic E-state index is 12.6. The van der Waals surface area contributed by atoms with E-state index in [1.54, 1.807) is 30.3 Å². The lowest BCUT2D eigenvalue weighted by molar-refractivity contribution is -0.116. The van der Waals surface area contributed by atoms with Crippen molar-refractivity contribution in [1.82, 2.24) is 9.62 Å². The highest BCUT2D eigenvalue weighted by Gasteiger charge is 2.25. The van der Waals surface area contributed by atoms with Crippen molar-refractivity contribution < 1.29 is 22.7 Å². The minimum Gasteiger partial charge on any atom is -0.492 e. The van der Waals surface area contributed by atoms with Crippen molar-refractivity contribution in [2.45, 2.75) is 24.2 Å². The monoisotopic (exact) mass is 456 g/mol. The Labute approximate surface area is 189 Å². The molecule has 170 valence electrons. The van der Waals surface area contributed by atoms with Crippen LogP contribution in [-0.4, -0.2) is 58.1 Å². The number of aryl methyl sites for hydroxylation is 2. The normalized spacial score (nSPS) is 16.8. The van der Waals surface area contributed by atoms with Gasteiger partial charge in [-0.1, -0.05) is 18.2 Å². The number of morpholine rings is 1. The van der Waals surface area contributed by atoms with E-state index >= 15 is 0 Å². The fraction of sp³-hybridized carbons (Fsp3) is 0.375. The maximum Gasteiger partial charge on any atom is 0.244 e. The number of sulfonamides is 1. The largest absolute Gasteiger partial charge is 0.492 e. The summed E-state index contributed by atoms with van der Waals surface area (Å²) in [6.07, 6.45) is 6.54. The van der Waals surface area contributed by atoms with Gasteiger partial charge in [-0.2, -0.15) is 4.31 Å². The van der Waals surface area contributed by atoms with Gasteiger partial charge >= 0.3 is 0 Å². The zero-order valence-corrected chi connectivity index (χ0v) is 18.8. The Morgan fingerprint density at radius 1 is 1.06 bits per heavy atom. The lowest BCUT2D eigenvalue weighted by Gasteiger charge is -2.26. The second-order valence-electron chi connectivity index (χ2n) is 7.84. The van der Waals surface area contributed by atoms with Crippen LogP contribution >= 0.6 is 0 Å². The fourth-order valence-electron chi connectivity index (χ4n) is 3.90. The van der Waals surface area contributed by atoms with Crippen LogP contribution in [0.3, 0.4) is 0 Å². The number of hydrogen-bond donors (Lipinski definition) is 1. The highest BCUT2D eigenvalue weighted by atomic mass is 32.2. The molecule has 32 heavy (non-hydrogen) atoms. The summed E-state index contributed by atoms with van der Waals surface area (Å²) in [5, 5.41) is 2.79. The van der Waals surface area contributed by atoms with Crippen molar-refractivity contribution in [3.63, 3.8) is 0 Å². The number of carbonyl (C=O) groups is 1. The van der Waals surface area contributed by atoms with Crippen molar-refractivity contribution in [1.29, 1.82) is 0 Å². The molecule has 0 spiro atoms. The number of nitrogens with zero attached hydrogens (tertiary/aromatic N) is 1. The van der Waals surface area contributed by atoms with Crippen LogP contribution in [0.2, 0.25) is 0 Å². The quantitative estimate of drug-likeness (QED) is 0.487. The number of fused-ring (bicyclic) bond motifs is 1. The molecule has 0 radical (unpaired) electrons. The lowest BCUT2D eigenvalue weighted by Crippen LogP contribution is -2.40. The Morgan fingerprint density at radius 2 is 1.81 bits per heavy atom. The molecule has 0 saturated carbocycles. The van der Waals surface area contributed by atoms with Gasteiger partial charge in [0.05, 0.1) is 24.7 Å². The van der Waals surface area contributed by atoms with E-state index in [0.717, 1.165) is 24.2 Å². The SMILES string of the molecule is O=C(/C=C/c1ccc(S(=O)(=O)N2CCOCC2)cc1)NCCOc1ccc2c(c1)CCC2. The van der Waals surface area contributed by atoms with Gasteiger partial charge < -0.3 is 14.8 Å². The third kappa shape index (κ3) is 5.56. The molecule has 0 atom stereocenters. The minimum atomic E-state index is -3.52. The van der Waals surface area contributed by atoms with Crippen LogP contribution in [0.15, 0.2) is 53.4 Å². The lowest BCUT2D eigenvalue weighted by atomic mass is 10.1. The number of rotatable bonds is 8. The number of hydrogen-bond acceptors (Lipinski definition) is 5. The summed E-state index contributed by atoms with van der Waals surface area (Å²) in [4.78, 5) is 12.3. The molecule has 8 heteroatoms. The van der Waals surface area contributed by atoms with Crippen LogP contribution in [0.25, 0.3) is 6.08 Å². The summed E-state index contributed by atoms with van der Waals surface area (Å²) >= 11 is 0. The first kappa shape index (κ1) is 22.5. The summed E-state index contributed by atoms with van der Waals surface area (Å²) in [5.41, 5.74) is 3.51. The van der Waals surface area contributed by atoms with Gasteiger partial charge in [0.25, 0.3) is 0 Å². The van der Waals surface area contributed by atoms with Gasteiger partial charge in [-0.05, 0) is 66.3 Å². The molecule has 7 nitrogen and oxygen atoms in total. The molecule has 2 aromatic rings. The summed E-state index contributed by atoms with van der Waals surface area (Å²) in [7, 11) is -3.52. The summed E-state index contributed by atoms with van der Waals surface area (Å²) in [6.45, 7) is 2.34. The van der Waals surface area contributed by atoms with E-state index in [4.69, 9.17) is 9.47 Å². The second kappa shape index (κ2) is 10.3. The Morgan fingerprint density at radius 3 is 2.59 bits per heavy atom. The number of benzene rings is 2. The van der Waals surface area contributed by atoms with Gasteiger partial charge in [0.15, 0.2) is 0 Å². The number of carbonyl (C=O) groups excluding carboxylic acids is 1. The molecular weight excluding hydrogens is 428 g/mol. The molecule has 2 aliphatic rings. The van der Waals surface area contributed by atoms with Crippen LogP contribution in [0.4, 0.5) is 0 Å². The average molecular weight is 457 g/mol. The second-order valence-corrected chi connectivity index (χ2v) is 9.78. The molecule has 1 fully saturated rings. The molecule has 1 aliphatic heterocycles. The standard InChI is InChI=1S/C24H28N2O5S/c27-24(25-12-15-31-22-8-7-20-2-1-3-21(20)18-22)11-6-19-4-9-23(10-5-19)32(28,29)26-13-16-30-17-14-26/h4-11,18H,1-3,12-17H2,(H,25,27)/b11-6+. The number of nitrogens with one attached hydrogen (secondary N) is 1. The minimum absolute atomic E-state index is 0.229. The first-order valence-corrected chi connectivity index (χ1v) is 12.3. The zero-order valence-electron chi connectivity index (χ0n) is 18.0. The third-order valence-corrected chi connectivity index (χ3v) is 7.57. The number of amides is 1. The Kier molecular flexibility index (Phi) is 7.24. The van der Waals surface area contributed by atoms with Crippen LogP contribution in [0.5, 0.6) is 5.75 Å². The van der Waals surface area contributed by atoms with E-state index in [2.05, 4.69) is 17.4 Å². The predicted molar refractivity (Wildman–Crippen MR) is 122 cm³/mol. The topological polar surface area (TPSA) is 84.9 Å². The molecule has 2 aromatic carbocycles. The molecule has 1 heterocycles. The van der Waals surface area contributed by atoms with Gasteiger partial charge in [-0.15, -0.1) is 0 Å². The van der Waals surface area contributed by atoms with Gasteiger partial charge in [-0.3, -0.25) is 4.79 Å². The molecular formula is C24H28N2O5S. The highest BCUT2D eigenvalue weighted by Crippen LogP contribution is 2.26. The van der Waals surface area contributed by atoms with Gasteiger partial charge in [0.2, 0.25) is 15.9 Å². The smallest absolute Gasteiger partial charge is 0.244 e. The molecule has 0 aromatic heterocycles. The van der Waals surface area contributed by atoms with E-state index in [-0.39, 0.29) is 10.8 Å². The zero-order chi connectivity index (χ0) is 22.4. The maximum atomic E-state index is 12.6. The predicted octanol–water partition coefficient (Wildman–Crippen LogP) is 2.40. The van der Waals surface area contributed by atoms with E-state index < -0.39 is 10.0 Å². The van der Waals surface area contributed by atoms with Crippen LogP contribution in [-0.2, 0) is 32.4 Å². The Balaban J connectivity index is 1.23. The summed E-state index contributed by atoms with van der Waals surface area (Å²) < 4.78 is 37.7. The highest BCUT2D eigenvalue weighted by molar-refractivity contribution is 7.89. The van der Waals surface area contributed by atoms with Crippen molar-refractivity contribution in [2.75, 3.05) is 39.5 Å². The third-order valence-electron chi connectivity index (χ3n) is 5.66. The summed E-state index contributed by atoms with van der Waals surface area (Å²) in [5.74, 6) is 0.607. The Hall–Kier alpha value is -2.68. The molecule has 1 N–H and O–H groups in total. The summed E-state index contributed by atoms with van der Waals surface area (Å²) in [6, 6.07) is 12.7. The van der Waals surface area contributed by atoms with Gasteiger partial charge in [0.1, 0.15) is 12.4 Å². The van der Waals surface area contributed by atoms with Gasteiger partial charge in [-0.25, -0.2) is 8.42 Å². The van der Waals surface area contributed by atoms with Crippen LogP contribution < -0.4 is 10.1 Å². The molecule has 4 rings (SSSR count). The molecule has 0 bridgehead atoms. The molecule has 0 unspecified atom stereocenters. The van der Waals surface area contributed by atoms with E-state index in [0.29, 0.717) is 39.5 Å². The van der Waals surface area contributed by atoms with Gasteiger partial charge in [0, 0.05) is 19.2 Å². The first-order chi connectivity index (χ1) is 15.5.